The Morgan fingerprint density at radius 3 is 2.89 bits per heavy atom. The minimum atomic E-state index is -0.277. The molecule has 0 aliphatic carbocycles. The lowest BCUT2D eigenvalue weighted by atomic mass is 10.0. The molecule has 1 aromatic heterocycles. The van der Waals surface area contributed by atoms with Crippen molar-refractivity contribution >= 4 is 17.5 Å². The van der Waals surface area contributed by atoms with Crippen LogP contribution in [0.15, 0.2) is 36.5 Å². The second-order valence-corrected chi connectivity index (χ2v) is 6.98. The summed E-state index contributed by atoms with van der Waals surface area (Å²) in [6, 6.07) is 8.82. The summed E-state index contributed by atoms with van der Waals surface area (Å²) in [4.78, 5) is 28.0. The van der Waals surface area contributed by atoms with Crippen LogP contribution in [0.4, 0.5) is 5.69 Å². The predicted octanol–water partition coefficient (Wildman–Crippen LogP) is 2.87. The van der Waals surface area contributed by atoms with Gasteiger partial charge in [0, 0.05) is 37.5 Å². The third-order valence-electron chi connectivity index (χ3n) is 4.83. The Balaban J connectivity index is 1.64. The van der Waals surface area contributed by atoms with Crippen LogP contribution < -0.4 is 20.7 Å². The zero-order valence-electron chi connectivity index (χ0n) is 16.2. The maximum Gasteiger partial charge on any atom is 0.269 e. The summed E-state index contributed by atoms with van der Waals surface area (Å²) in [5, 5.41) is 8.80. The number of aryl methyl sites for hydroxylation is 1. The number of benzene rings is 1. The van der Waals surface area contributed by atoms with Crippen LogP contribution in [0.1, 0.15) is 35.3 Å². The van der Waals surface area contributed by atoms with Gasteiger partial charge >= 0.3 is 0 Å². The number of pyridine rings is 1. The van der Waals surface area contributed by atoms with Gasteiger partial charge in [0.1, 0.15) is 17.2 Å². The van der Waals surface area contributed by atoms with E-state index in [4.69, 9.17) is 4.74 Å². The van der Waals surface area contributed by atoms with Gasteiger partial charge in [-0.3, -0.25) is 14.6 Å². The number of carbonyl (C=O) groups is 2. The SMILES string of the molecule is CNC(=O)c1cc(Oc2cc(NC(=O)CCC3CCNC3)ccc2C)ccn1. The monoisotopic (exact) mass is 382 g/mol. The van der Waals surface area contributed by atoms with Crippen molar-refractivity contribution in [3.63, 3.8) is 0 Å². The lowest BCUT2D eigenvalue weighted by Crippen LogP contribution is -2.18. The zero-order chi connectivity index (χ0) is 19.9. The maximum atomic E-state index is 12.3. The first-order valence-corrected chi connectivity index (χ1v) is 9.52. The van der Waals surface area contributed by atoms with Crippen LogP contribution in [0.2, 0.25) is 0 Å². The fourth-order valence-electron chi connectivity index (χ4n) is 3.16. The Labute approximate surface area is 164 Å². The van der Waals surface area contributed by atoms with Gasteiger partial charge in [0.15, 0.2) is 0 Å². The molecular weight excluding hydrogens is 356 g/mol. The van der Waals surface area contributed by atoms with E-state index in [9.17, 15) is 9.59 Å². The van der Waals surface area contributed by atoms with Crippen LogP contribution in [0.3, 0.4) is 0 Å². The van der Waals surface area contributed by atoms with E-state index in [2.05, 4.69) is 20.9 Å². The zero-order valence-corrected chi connectivity index (χ0v) is 16.2. The molecule has 2 amide bonds. The standard InChI is InChI=1S/C21H26N4O3/c1-14-3-5-16(25-20(26)6-4-15-7-9-23-13-15)11-19(14)28-17-8-10-24-18(12-17)21(27)22-2/h3,5,8,10-12,15,23H,4,6-7,9,13H2,1-2H3,(H,22,27)(H,25,26). The molecule has 1 aromatic carbocycles. The van der Waals surface area contributed by atoms with Gasteiger partial charge in [0.25, 0.3) is 5.91 Å². The quantitative estimate of drug-likeness (QED) is 0.685. The predicted molar refractivity (Wildman–Crippen MR) is 108 cm³/mol. The van der Waals surface area contributed by atoms with E-state index >= 15 is 0 Å². The number of anilines is 1. The smallest absolute Gasteiger partial charge is 0.269 e. The van der Waals surface area contributed by atoms with E-state index < -0.39 is 0 Å². The largest absolute Gasteiger partial charge is 0.457 e. The highest BCUT2D eigenvalue weighted by Crippen LogP contribution is 2.28. The highest BCUT2D eigenvalue weighted by molar-refractivity contribution is 5.92. The molecule has 7 heteroatoms. The van der Waals surface area contributed by atoms with Crippen molar-refractivity contribution in [1.82, 2.24) is 15.6 Å². The molecule has 28 heavy (non-hydrogen) atoms. The van der Waals surface area contributed by atoms with Gasteiger partial charge in [-0.2, -0.15) is 0 Å². The highest BCUT2D eigenvalue weighted by Gasteiger charge is 2.16. The Bertz CT molecular complexity index is 847. The molecule has 1 saturated heterocycles. The Kier molecular flexibility index (Phi) is 6.60. The van der Waals surface area contributed by atoms with Crippen LogP contribution in [-0.4, -0.2) is 36.9 Å². The molecule has 2 aromatic rings. The molecule has 1 aliphatic rings. The molecule has 7 nitrogen and oxygen atoms in total. The first kappa shape index (κ1) is 19.8. The summed E-state index contributed by atoms with van der Waals surface area (Å²) in [5.74, 6) is 1.44. The lowest BCUT2D eigenvalue weighted by Gasteiger charge is -2.13. The maximum absolute atomic E-state index is 12.3. The molecule has 1 aliphatic heterocycles. The topological polar surface area (TPSA) is 92.4 Å². The third kappa shape index (κ3) is 5.29. The van der Waals surface area contributed by atoms with E-state index in [-0.39, 0.29) is 17.5 Å². The van der Waals surface area contributed by atoms with E-state index in [1.807, 2.05) is 19.1 Å². The van der Waals surface area contributed by atoms with Crippen LogP contribution in [0, 0.1) is 12.8 Å². The van der Waals surface area contributed by atoms with Crippen LogP contribution in [0.5, 0.6) is 11.5 Å². The van der Waals surface area contributed by atoms with Gasteiger partial charge in [-0.15, -0.1) is 0 Å². The van der Waals surface area contributed by atoms with Crippen LogP contribution >= 0.6 is 0 Å². The van der Waals surface area contributed by atoms with Crippen molar-refractivity contribution in [3.05, 3.63) is 47.8 Å². The summed E-state index contributed by atoms with van der Waals surface area (Å²) >= 11 is 0. The van der Waals surface area contributed by atoms with Gasteiger partial charge in [-0.1, -0.05) is 6.07 Å². The Hall–Kier alpha value is -2.93. The first-order valence-electron chi connectivity index (χ1n) is 9.52. The van der Waals surface area contributed by atoms with Crippen LogP contribution in [-0.2, 0) is 4.79 Å². The minimum Gasteiger partial charge on any atom is -0.457 e. The number of carbonyl (C=O) groups excluding carboxylic acids is 2. The average Bonchev–Trinajstić information content (AvgIpc) is 3.22. The van der Waals surface area contributed by atoms with Crippen molar-refractivity contribution in [2.24, 2.45) is 5.92 Å². The molecule has 0 spiro atoms. The van der Waals surface area contributed by atoms with Crippen molar-refractivity contribution in [3.8, 4) is 11.5 Å². The second-order valence-electron chi connectivity index (χ2n) is 6.98. The number of nitrogens with one attached hydrogen (secondary N) is 3. The van der Waals surface area contributed by atoms with Crippen molar-refractivity contribution in [2.75, 3.05) is 25.5 Å². The van der Waals surface area contributed by atoms with Crippen LogP contribution in [0.25, 0.3) is 0 Å². The minimum absolute atomic E-state index is 0.00696. The molecule has 148 valence electrons. The molecule has 3 N–H and O–H groups in total. The van der Waals surface area contributed by atoms with Crippen molar-refractivity contribution in [1.29, 1.82) is 0 Å². The van der Waals surface area contributed by atoms with Gasteiger partial charge in [0.05, 0.1) is 0 Å². The summed E-state index contributed by atoms with van der Waals surface area (Å²) in [7, 11) is 1.55. The fourth-order valence-corrected chi connectivity index (χ4v) is 3.16. The molecule has 0 radical (unpaired) electrons. The van der Waals surface area contributed by atoms with Gasteiger partial charge in [-0.05, 0) is 56.5 Å². The lowest BCUT2D eigenvalue weighted by molar-refractivity contribution is -0.116. The van der Waals surface area contributed by atoms with E-state index in [0.29, 0.717) is 29.5 Å². The van der Waals surface area contributed by atoms with E-state index in [1.165, 1.54) is 6.20 Å². The average molecular weight is 382 g/mol. The number of rotatable bonds is 7. The summed E-state index contributed by atoms with van der Waals surface area (Å²) in [6.45, 7) is 3.97. The molecular formula is C21H26N4O3. The van der Waals surface area contributed by atoms with Crippen molar-refractivity contribution in [2.45, 2.75) is 26.2 Å². The molecule has 0 saturated carbocycles. The number of nitrogens with zero attached hydrogens (tertiary/aromatic N) is 1. The summed E-state index contributed by atoms with van der Waals surface area (Å²) in [6.07, 6.45) is 4.07. The molecule has 0 bridgehead atoms. The van der Waals surface area contributed by atoms with Gasteiger partial charge < -0.3 is 20.7 Å². The molecule has 1 fully saturated rings. The Morgan fingerprint density at radius 2 is 2.14 bits per heavy atom. The molecule has 1 unspecified atom stereocenters. The number of hydrogen-bond acceptors (Lipinski definition) is 5. The van der Waals surface area contributed by atoms with E-state index in [0.717, 1.165) is 31.5 Å². The normalized spacial score (nSPS) is 15.9. The number of amides is 2. The van der Waals surface area contributed by atoms with E-state index in [1.54, 1.807) is 25.2 Å². The summed E-state index contributed by atoms with van der Waals surface area (Å²) < 4.78 is 5.93. The first-order chi connectivity index (χ1) is 13.5. The number of hydrogen-bond donors (Lipinski definition) is 3. The van der Waals surface area contributed by atoms with Gasteiger partial charge in [-0.25, -0.2) is 0 Å². The third-order valence-corrected chi connectivity index (χ3v) is 4.83. The Morgan fingerprint density at radius 1 is 1.29 bits per heavy atom. The number of ether oxygens (including phenoxy) is 1. The number of aromatic nitrogens is 1. The highest BCUT2D eigenvalue weighted by atomic mass is 16.5. The molecule has 2 heterocycles. The fraction of sp³-hybridized carbons (Fsp3) is 0.381. The van der Waals surface area contributed by atoms with Crippen molar-refractivity contribution < 1.29 is 14.3 Å². The summed E-state index contributed by atoms with van der Waals surface area (Å²) in [5.41, 5.74) is 1.90. The second kappa shape index (κ2) is 9.32. The van der Waals surface area contributed by atoms with Gasteiger partial charge in [0.2, 0.25) is 5.91 Å². The molecule has 3 rings (SSSR count). The molecule has 1 atom stereocenters.